The van der Waals surface area contributed by atoms with Gasteiger partial charge in [0, 0.05) is 31.3 Å². The van der Waals surface area contributed by atoms with Crippen LogP contribution in [0.25, 0.3) is 11.3 Å². The maximum atomic E-state index is 12.0. The van der Waals surface area contributed by atoms with Gasteiger partial charge in [-0.15, -0.1) is 0 Å². The largest absolute Gasteiger partial charge is 0.497 e. The first-order valence-electron chi connectivity index (χ1n) is 22.6. The van der Waals surface area contributed by atoms with E-state index in [1.165, 1.54) is 39.5 Å². The van der Waals surface area contributed by atoms with E-state index in [1.807, 2.05) is 60.1 Å². The molecule has 18 nitrogen and oxygen atoms in total. The number of carbonyl (C=O) groups excluding carboxylic acids is 1. The molecule has 65 heavy (non-hydrogen) atoms. The molecule has 2 aromatic carbocycles. The number of ether oxygens (including phenoxy) is 3. The van der Waals surface area contributed by atoms with Crippen LogP contribution in [-0.4, -0.2) is 117 Å². The summed E-state index contributed by atoms with van der Waals surface area (Å²) >= 11 is 0. The summed E-state index contributed by atoms with van der Waals surface area (Å²) in [6.07, 6.45) is 8.82. The molecule has 5 heterocycles. The molecule has 1 aliphatic heterocycles. The van der Waals surface area contributed by atoms with Crippen LogP contribution < -0.4 is 36.1 Å². The molecule has 0 saturated carbocycles. The molecule has 0 amide bonds. The van der Waals surface area contributed by atoms with Gasteiger partial charge in [0.05, 0.1) is 45.8 Å². The average molecular weight is 893 g/mol. The van der Waals surface area contributed by atoms with E-state index in [2.05, 4.69) is 93.6 Å². The summed E-state index contributed by atoms with van der Waals surface area (Å²) in [5.41, 5.74) is 11.5. The molecule has 7 rings (SSSR count). The van der Waals surface area contributed by atoms with E-state index in [0.29, 0.717) is 23.5 Å². The topological polar surface area (TPSA) is 200 Å². The van der Waals surface area contributed by atoms with Crippen LogP contribution in [0.1, 0.15) is 113 Å². The van der Waals surface area contributed by atoms with Crippen molar-refractivity contribution in [2.24, 2.45) is 5.73 Å². The number of esters is 1. The Balaban J connectivity index is 0.000000216. The van der Waals surface area contributed by atoms with Gasteiger partial charge in [-0.3, -0.25) is 0 Å². The Morgan fingerprint density at radius 1 is 0.738 bits per heavy atom. The zero-order chi connectivity index (χ0) is 46.6. The van der Waals surface area contributed by atoms with Gasteiger partial charge in [-0.2, -0.15) is 39.2 Å². The van der Waals surface area contributed by atoms with E-state index in [-0.39, 0.29) is 30.5 Å². The van der Waals surface area contributed by atoms with E-state index < -0.39 is 12.0 Å². The highest BCUT2D eigenvalue weighted by atomic mass is 16.5. The van der Waals surface area contributed by atoms with Crippen molar-refractivity contribution in [3.8, 4) is 11.5 Å². The Hall–Kier alpha value is -6.27. The summed E-state index contributed by atoms with van der Waals surface area (Å²) in [4.78, 5) is 35.7. The molecular weight excluding hydrogens is 825 g/mol. The highest BCUT2D eigenvalue weighted by Crippen LogP contribution is 2.28. The summed E-state index contributed by atoms with van der Waals surface area (Å²) in [6.45, 7) is 17.2. The molecule has 1 fully saturated rings. The lowest BCUT2D eigenvalue weighted by Crippen LogP contribution is -2.38. The van der Waals surface area contributed by atoms with Crippen LogP contribution >= 0.6 is 0 Å². The van der Waals surface area contributed by atoms with Crippen molar-refractivity contribution in [3.63, 3.8) is 0 Å². The van der Waals surface area contributed by atoms with Crippen LogP contribution in [0.5, 0.6) is 11.5 Å². The van der Waals surface area contributed by atoms with Gasteiger partial charge in [0.2, 0.25) is 23.8 Å². The van der Waals surface area contributed by atoms with Crippen LogP contribution in [0.3, 0.4) is 0 Å². The Morgan fingerprint density at radius 3 is 1.78 bits per heavy atom. The second-order valence-corrected chi connectivity index (χ2v) is 17.1. The summed E-state index contributed by atoms with van der Waals surface area (Å²) in [7, 11) is 6.72. The predicted octanol–water partition coefficient (Wildman–Crippen LogP) is 7.08. The Morgan fingerprint density at radius 2 is 1.28 bits per heavy atom. The third-order valence-electron chi connectivity index (χ3n) is 11.7. The number of likely N-dealkylation sites (tertiary alicyclic amines) is 1. The summed E-state index contributed by atoms with van der Waals surface area (Å²) in [5, 5.41) is 19.0. The smallest absolute Gasteiger partial charge is 0.329 e. The first-order valence-corrected chi connectivity index (χ1v) is 22.6. The van der Waals surface area contributed by atoms with E-state index in [4.69, 9.17) is 29.9 Å². The maximum absolute atomic E-state index is 12.0. The third-order valence-corrected chi connectivity index (χ3v) is 11.7. The summed E-state index contributed by atoms with van der Waals surface area (Å²) < 4.78 is 19.0. The van der Waals surface area contributed by atoms with Crippen molar-refractivity contribution in [1.29, 1.82) is 0 Å². The van der Waals surface area contributed by atoms with E-state index >= 15 is 0 Å². The lowest BCUT2D eigenvalue weighted by Gasteiger charge is -2.27. The average Bonchev–Trinajstić information content (AvgIpc) is 3.97. The first-order chi connectivity index (χ1) is 31.3. The zero-order valence-electron chi connectivity index (χ0n) is 39.7. The highest BCUT2D eigenvalue weighted by Gasteiger charge is 2.23. The fourth-order valence-corrected chi connectivity index (χ4v) is 7.72. The number of anilines is 4. The van der Waals surface area contributed by atoms with Crippen molar-refractivity contribution >= 4 is 41.1 Å². The Bertz CT molecular complexity index is 2460. The molecule has 0 aliphatic carbocycles. The molecule has 1 aliphatic rings. The highest BCUT2D eigenvalue weighted by molar-refractivity contribution is 5.79. The van der Waals surface area contributed by atoms with Crippen LogP contribution in [0.4, 0.5) is 23.8 Å². The number of benzene rings is 2. The summed E-state index contributed by atoms with van der Waals surface area (Å²) in [6, 6.07) is 15.1. The van der Waals surface area contributed by atoms with Gasteiger partial charge in [-0.05, 0) is 100.0 Å². The normalized spacial score (nSPS) is 14.4. The summed E-state index contributed by atoms with van der Waals surface area (Å²) in [5.74, 6) is 3.83. The molecule has 0 bridgehead atoms. The van der Waals surface area contributed by atoms with Crippen LogP contribution in [-0.2, 0) is 9.53 Å². The lowest BCUT2D eigenvalue weighted by molar-refractivity contribution is -0.141. The molecule has 3 atom stereocenters. The quantitative estimate of drug-likeness (QED) is 0.0601. The number of nitrogens with one attached hydrogen (secondary N) is 3. The predicted molar refractivity (Wildman–Crippen MR) is 256 cm³/mol. The maximum Gasteiger partial charge on any atom is 0.329 e. The van der Waals surface area contributed by atoms with Gasteiger partial charge in [0.25, 0.3) is 0 Å². The van der Waals surface area contributed by atoms with E-state index in [0.717, 1.165) is 64.9 Å². The number of nitrogens with two attached hydrogens (primary N) is 1. The van der Waals surface area contributed by atoms with Gasteiger partial charge < -0.3 is 45.7 Å². The minimum Gasteiger partial charge on any atom is -0.497 e. The standard InChI is InChI=1S/C26H39N7O.C21H29N7O3/c1-19(2)23-18-27-33-24(23)29-25(31(4)13-10-16-32-14-7-6-8-15-32)30-26(33)28-20(3)21-11-9-12-22(17-21)34-5;1-12(2)16-11-23-28-18(16)26-20(25-17(10-22)19(29)31-5)27-21(28)24-13(3)14-7-6-8-15(9-14)30-4/h9,11-12,17-20H,6-8,10,13-16H2,1-5H3,(H,28,29,30);6-9,11-13,17H,10,22H2,1-5H3,(H2,24,25,26,27)/t;13-,17?/m.0/s1. The molecule has 1 saturated heterocycles. The van der Waals surface area contributed by atoms with E-state index in [1.54, 1.807) is 24.9 Å². The SMILES string of the molecule is COC(=O)C(CN)Nc1nc(N[C@@H](C)c2cccc(OC)c2)n2ncc(C(C)C)c2n1.COc1cccc(C(C)Nc2nc(N(C)CCCN3CCCCC3)nc3c(C(C)C)cnn23)c1. The fraction of sp³-hybridized carbons (Fsp3) is 0.511. The number of rotatable bonds is 19. The first kappa shape index (κ1) is 48.2. The van der Waals surface area contributed by atoms with Crippen LogP contribution in [0, 0.1) is 0 Å². The zero-order valence-corrected chi connectivity index (χ0v) is 39.7. The molecule has 350 valence electrons. The molecule has 18 heteroatoms. The number of methoxy groups -OCH3 is 3. The number of aromatic nitrogens is 8. The van der Waals surface area contributed by atoms with Crippen molar-refractivity contribution in [2.45, 2.75) is 97.2 Å². The molecule has 0 radical (unpaired) electrons. The van der Waals surface area contributed by atoms with Crippen LogP contribution in [0.2, 0.25) is 0 Å². The monoisotopic (exact) mass is 893 g/mol. The molecule has 5 N–H and O–H groups in total. The fourth-order valence-electron chi connectivity index (χ4n) is 7.72. The van der Waals surface area contributed by atoms with Gasteiger partial charge in [-0.25, -0.2) is 4.79 Å². The second-order valence-electron chi connectivity index (χ2n) is 17.1. The Kier molecular flexibility index (Phi) is 16.7. The Labute approximate surface area is 382 Å². The van der Waals surface area contributed by atoms with Crippen molar-refractivity contribution in [2.75, 3.05) is 82.0 Å². The molecule has 2 unspecified atom stereocenters. The number of nitrogens with zero attached hydrogens (tertiary/aromatic N) is 10. The number of hydrogen-bond acceptors (Lipinski definition) is 16. The molecule has 4 aromatic heterocycles. The molecule has 6 aromatic rings. The number of piperidine rings is 1. The number of hydrogen-bond donors (Lipinski definition) is 4. The number of fused-ring (bicyclic) bond motifs is 2. The van der Waals surface area contributed by atoms with Crippen molar-refractivity contribution in [3.05, 3.63) is 83.2 Å². The molecule has 0 spiro atoms. The van der Waals surface area contributed by atoms with Gasteiger partial charge >= 0.3 is 5.97 Å². The van der Waals surface area contributed by atoms with Crippen molar-refractivity contribution < 1.29 is 19.0 Å². The van der Waals surface area contributed by atoms with Gasteiger partial charge in [-0.1, -0.05) is 58.4 Å². The van der Waals surface area contributed by atoms with Gasteiger partial charge in [0.15, 0.2) is 11.3 Å². The number of carbonyl (C=O) groups is 1. The van der Waals surface area contributed by atoms with Crippen LogP contribution in [0.15, 0.2) is 60.9 Å². The lowest BCUT2D eigenvalue weighted by atomic mass is 10.1. The second kappa shape index (κ2) is 22.6. The van der Waals surface area contributed by atoms with E-state index in [9.17, 15) is 4.79 Å². The minimum absolute atomic E-state index is 0.0251. The third kappa shape index (κ3) is 12.1. The van der Waals surface area contributed by atoms with Gasteiger partial charge in [0.1, 0.15) is 17.5 Å². The minimum atomic E-state index is -0.762. The van der Waals surface area contributed by atoms with Crippen molar-refractivity contribution in [1.82, 2.24) is 44.1 Å². The molecular formula is C47H68N14O4.